The summed E-state index contributed by atoms with van der Waals surface area (Å²) in [6, 6.07) is 6.84. The number of aromatic nitrogens is 2. The van der Waals surface area contributed by atoms with Crippen LogP contribution in [0, 0.1) is 0 Å². The summed E-state index contributed by atoms with van der Waals surface area (Å²) in [5, 5.41) is 9.89. The minimum atomic E-state index is 0.466. The van der Waals surface area contributed by atoms with Crippen LogP contribution in [0.3, 0.4) is 0 Å². The van der Waals surface area contributed by atoms with Crippen LogP contribution < -0.4 is 5.32 Å². The summed E-state index contributed by atoms with van der Waals surface area (Å²) in [6.07, 6.45) is 4.05. The van der Waals surface area contributed by atoms with Crippen molar-refractivity contribution in [3.8, 4) is 0 Å². The summed E-state index contributed by atoms with van der Waals surface area (Å²) in [5.41, 5.74) is 1.15. The first-order valence-corrected chi connectivity index (χ1v) is 6.34. The van der Waals surface area contributed by atoms with Gasteiger partial charge in [0.2, 0.25) is 0 Å². The fourth-order valence-corrected chi connectivity index (χ4v) is 2.56. The fourth-order valence-electron chi connectivity index (χ4n) is 1.77. The highest BCUT2D eigenvalue weighted by Gasteiger charge is 2.10. The van der Waals surface area contributed by atoms with Gasteiger partial charge in [0, 0.05) is 30.6 Å². The molecular weight excluding hydrogens is 218 g/mol. The van der Waals surface area contributed by atoms with Crippen molar-refractivity contribution in [2.45, 2.75) is 18.9 Å². The SMILES string of the molecule is CNC(Cc1ccn(C)n1)Cc1cccs1. The van der Waals surface area contributed by atoms with Crippen LogP contribution in [-0.4, -0.2) is 22.9 Å². The monoisotopic (exact) mass is 235 g/mol. The van der Waals surface area contributed by atoms with E-state index in [2.05, 4.69) is 34.0 Å². The molecular formula is C12H17N3S. The molecule has 0 spiro atoms. The molecule has 3 nitrogen and oxygen atoms in total. The van der Waals surface area contributed by atoms with Crippen molar-refractivity contribution < 1.29 is 0 Å². The number of nitrogens with zero attached hydrogens (tertiary/aromatic N) is 2. The first-order chi connectivity index (χ1) is 7.78. The lowest BCUT2D eigenvalue weighted by Crippen LogP contribution is -2.29. The third-order valence-electron chi connectivity index (χ3n) is 2.66. The molecule has 0 aliphatic heterocycles. The maximum absolute atomic E-state index is 4.41. The van der Waals surface area contributed by atoms with Crippen molar-refractivity contribution in [1.82, 2.24) is 15.1 Å². The molecule has 1 atom stereocenters. The van der Waals surface area contributed by atoms with E-state index in [0.29, 0.717) is 6.04 Å². The van der Waals surface area contributed by atoms with Crippen LogP contribution in [-0.2, 0) is 19.9 Å². The first kappa shape index (κ1) is 11.4. The highest BCUT2D eigenvalue weighted by atomic mass is 32.1. The molecule has 0 saturated carbocycles. The average Bonchev–Trinajstić information content (AvgIpc) is 2.89. The maximum Gasteiger partial charge on any atom is 0.0640 e. The molecule has 0 radical (unpaired) electrons. The Morgan fingerprint density at radius 3 is 2.88 bits per heavy atom. The summed E-state index contributed by atoms with van der Waals surface area (Å²) in [4.78, 5) is 1.43. The van der Waals surface area contributed by atoms with Gasteiger partial charge in [-0.05, 0) is 31.0 Å². The molecule has 0 aromatic carbocycles. The molecule has 1 unspecified atom stereocenters. The van der Waals surface area contributed by atoms with E-state index >= 15 is 0 Å². The van der Waals surface area contributed by atoms with E-state index in [0.717, 1.165) is 18.5 Å². The number of rotatable bonds is 5. The van der Waals surface area contributed by atoms with Gasteiger partial charge < -0.3 is 5.32 Å². The Bertz CT molecular complexity index is 419. The van der Waals surface area contributed by atoms with Gasteiger partial charge in [-0.3, -0.25) is 4.68 Å². The smallest absolute Gasteiger partial charge is 0.0640 e. The van der Waals surface area contributed by atoms with Crippen molar-refractivity contribution in [3.05, 3.63) is 40.3 Å². The molecule has 0 saturated heterocycles. The molecule has 16 heavy (non-hydrogen) atoms. The molecule has 0 amide bonds. The van der Waals surface area contributed by atoms with Gasteiger partial charge >= 0.3 is 0 Å². The second-order valence-electron chi connectivity index (χ2n) is 3.95. The van der Waals surface area contributed by atoms with Crippen LogP contribution in [0.1, 0.15) is 10.6 Å². The van der Waals surface area contributed by atoms with E-state index in [-0.39, 0.29) is 0 Å². The topological polar surface area (TPSA) is 29.9 Å². The zero-order valence-corrected chi connectivity index (χ0v) is 10.5. The van der Waals surface area contributed by atoms with Crippen LogP contribution in [0.2, 0.25) is 0 Å². The molecule has 0 fully saturated rings. The second-order valence-corrected chi connectivity index (χ2v) is 4.99. The molecule has 0 bridgehead atoms. The summed E-state index contributed by atoms with van der Waals surface area (Å²) >= 11 is 1.82. The Kier molecular flexibility index (Phi) is 3.74. The number of hydrogen-bond donors (Lipinski definition) is 1. The Morgan fingerprint density at radius 2 is 2.31 bits per heavy atom. The van der Waals surface area contributed by atoms with E-state index in [1.807, 2.05) is 36.3 Å². The van der Waals surface area contributed by atoms with Crippen molar-refractivity contribution in [1.29, 1.82) is 0 Å². The molecule has 4 heteroatoms. The quantitative estimate of drug-likeness (QED) is 0.857. The lowest BCUT2D eigenvalue weighted by molar-refractivity contribution is 0.549. The molecule has 86 valence electrons. The van der Waals surface area contributed by atoms with Gasteiger partial charge in [-0.15, -0.1) is 11.3 Å². The van der Waals surface area contributed by atoms with E-state index in [1.54, 1.807) is 0 Å². The number of nitrogens with one attached hydrogen (secondary N) is 1. The Labute approximate surface area is 100 Å². The molecule has 2 aromatic heterocycles. The lowest BCUT2D eigenvalue weighted by atomic mass is 10.1. The molecule has 0 aliphatic rings. The minimum absolute atomic E-state index is 0.466. The number of hydrogen-bond acceptors (Lipinski definition) is 3. The predicted molar refractivity (Wildman–Crippen MR) is 67.8 cm³/mol. The van der Waals surface area contributed by atoms with Crippen LogP contribution in [0.4, 0.5) is 0 Å². The zero-order chi connectivity index (χ0) is 11.4. The van der Waals surface area contributed by atoms with Crippen molar-refractivity contribution in [2.75, 3.05) is 7.05 Å². The lowest BCUT2D eigenvalue weighted by Gasteiger charge is -2.13. The fraction of sp³-hybridized carbons (Fsp3) is 0.417. The van der Waals surface area contributed by atoms with Gasteiger partial charge in [0.05, 0.1) is 5.69 Å². The predicted octanol–water partition coefficient (Wildman–Crippen LogP) is 1.85. The van der Waals surface area contributed by atoms with Gasteiger partial charge in [0.25, 0.3) is 0 Å². The first-order valence-electron chi connectivity index (χ1n) is 5.46. The number of likely N-dealkylation sites (N-methyl/N-ethyl adjacent to an activating group) is 1. The van der Waals surface area contributed by atoms with Crippen LogP contribution in [0.25, 0.3) is 0 Å². The Hall–Kier alpha value is -1.13. The third-order valence-corrected chi connectivity index (χ3v) is 3.56. The Morgan fingerprint density at radius 1 is 1.44 bits per heavy atom. The average molecular weight is 235 g/mol. The van der Waals surface area contributed by atoms with Crippen molar-refractivity contribution in [2.24, 2.45) is 7.05 Å². The van der Waals surface area contributed by atoms with Gasteiger partial charge in [-0.25, -0.2) is 0 Å². The molecule has 2 aromatic rings. The summed E-state index contributed by atoms with van der Waals surface area (Å²) in [6.45, 7) is 0. The van der Waals surface area contributed by atoms with Crippen molar-refractivity contribution in [3.63, 3.8) is 0 Å². The largest absolute Gasteiger partial charge is 0.316 e. The summed E-state index contributed by atoms with van der Waals surface area (Å²) in [5.74, 6) is 0. The van der Waals surface area contributed by atoms with Crippen LogP contribution in [0.5, 0.6) is 0 Å². The molecule has 2 rings (SSSR count). The summed E-state index contributed by atoms with van der Waals surface area (Å²) < 4.78 is 1.85. The minimum Gasteiger partial charge on any atom is -0.316 e. The molecule has 2 heterocycles. The van der Waals surface area contributed by atoms with Gasteiger partial charge in [0.1, 0.15) is 0 Å². The van der Waals surface area contributed by atoms with Crippen LogP contribution >= 0.6 is 11.3 Å². The van der Waals surface area contributed by atoms with E-state index in [4.69, 9.17) is 0 Å². The third kappa shape index (κ3) is 2.93. The highest BCUT2D eigenvalue weighted by Crippen LogP contribution is 2.13. The van der Waals surface area contributed by atoms with E-state index in [9.17, 15) is 0 Å². The molecule has 1 N–H and O–H groups in total. The zero-order valence-electron chi connectivity index (χ0n) is 9.68. The Balaban J connectivity index is 1.95. The number of thiophene rings is 1. The van der Waals surface area contributed by atoms with E-state index < -0.39 is 0 Å². The van der Waals surface area contributed by atoms with Crippen LogP contribution in [0.15, 0.2) is 29.8 Å². The number of aryl methyl sites for hydroxylation is 1. The van der Waals surface area contributed by atoms with E-state index in [1.165, 1.54) is 4.88 Å². The summed E-state index contributed by atoms with van der Waals surface area (Å²) in [7, 11) is 3.97. The second kappa shape index (κ2) is 5.27. The van der Waals surface area contributed by atoms with Gasteiger partial charge in [0.15, 0.2) is 0 Å². The maximum atomic E-state index is 4.41. The highest BCUT2D eigenvalue weighted by molar-refractivity contribution is 7.09. The van der Waals surface area contributed by atoms with Gasteiger partial charge in [-0.1, -0.05) is 6.07 Å². The van der Waals surface area contributed by atoms with Crippen molar-refractivity contribution >= 4 is 11.3 Å². The normalized spacial score (nSPS) is 12.9. The standard InChI is InChI=1S/C12H17N3S/c1-13-11(9-12-4-3-7-16-12)8-10-5-6-15(2)14-10/h3-7,11,13H,8-9H2,1-2H3. The molecule has 0 aliphatic carbocycles. The van der Waals surface area contributed by atoms with Gasteiger partial charge in [-0.2, -0.15) is 5.10 Å².